The van der Waals surface area contributed by atoms with E-state index in [1.807, 2.05) is 0 Å². The predicted octanol–water partition coefficient (Wildman–Crippen LogP) is 4.72. The third kappa shape index (κ3) is 1.96. The maximum atomic E-state index is 12.4. The zero-order valence-corrected chi connectivity index (χ0v) is 14.5. The molecule has 2 aliphatic carbocycles. The van der Waals surface area contributed by atoms with Gasteiger partial charge in [0.05, 0.1) is 0 Å². The Kier molecular flexibility index (Phi) is 3.43. The molecule has 1 fully saturated rings. The Morgan fingerprint density at radius 3 is 2.50 bits per heavy atom. The average molecular weight is 300 g/mol. The smallest absolute Gasteiger partial charge is 0.138 e. The molecule has 0 aliphatic heterocycles. The molecule has 1 saturated carbocycles. The van der Waals surface area contributed by atoms with Crippen molar-refractivity contribution in [3.8, 4) is 5.75 Å². The van der Waals surface area contributed by atoms with Crippen LogP contribution in [0.25, 0.3) is 0 Å². The van der Waals surface area contributed by atoms with Crippen LogP contribution in [0, 0.1) is 11.3 Å². The fourth-order valence-corrected chi connectivity index (χ4v) is 5.06. The molecule has 0 radical (unpaired) electrons. The van der Waals surface area contributed by atoms with Crippen molar-refractivity contribution in [2.45, 2.75) is 71.6 Å². The number of phenols is 1. The minimum Gasteiger partial charge on any atom is -0.507 e. The van der Waals surface area contributed by atoms with Gasteiger partial charge in [-0.05, 0) is 53.2 Å². The van der Waals surface area contributed by atoms with Gasteiger partial charge in [-0.1, -0.05) is 46.8 Å². The summed E-state index contributed by atoms with van der Waals surface area (Å²) in [4.78, 5) is 12.4. The van der Waals surface area contributed by atoms with E-state index >= 15 is 0 Å². The first kappa shape index (κ1) is 15.6. The summed E-state index contributed by atoms with van der Waals surface area (Å²) < 4.78 is 0. The first-order valence-corrected chi connectivity index (χ1v) is 8.58. The SMILES string of the molecule is CC(C)c1ccc2c(c1O)CC[C@H]1C(C)(C)C(=O)CC[C@]21C. The molecule has 0 unspecified atom stereocenters. The van der Waals surface area contributed by atoms with Crippen LogP contribution in [0.5, 0.6) is 5.75 Å². The van der Waals surface area contributed by atoms with E-state index in [1.54, 1.807) is 0 Å². The lowest BCUT2D eigenvalue weighted by atomic mass is 9.50. The van der Waals surface area contributed by atoms with Gasteiger partial charge in [-0.25, -0.2) is 0 Å². The summed E-state index contributed by atoms with van der Waals surface area (Å²) in [6.07, 6.45) is 3.45. The van der Waals surface area contributed by atoms with Crippen molar-refractivity contribution in [3.05, 3.63) is 28.8 Å². The number of hydrogen-bond donors (Lipinski definition) is 1. The molecular weight excluding hydrogens is 272 g/mol. The van der Waals surface area contributed by atoms with Gasteiger partial charge in [0, 0.05) is 11.8 Å². The molecule has 2 heteroatoms. The minimum atomic E-state index is -0.253. The Morgan fingerprint density at radius 1 is 1.18 bits per heavy atom. The van der Waals surface area contributed by atoms with Gasteiger partial charge in [-0.3, -0.25) is 4.79 Å². The molecular formula is C20H28O2. The summed E-state index contributed by atoms with van der Waals surface area (Å²) in [5.74, 6) is 1.61. The minimum absolute atomic E-state index is 0.0119. The van der Waals surface area contributed by atoms with E-state index in [-0.39, 0.29) is 10.8 Å². The molecule has 0 spiro atoms. The van der Waals surface area contributed by atoms with Gasteiger partial charge in [-0.15, -0.1) is 0 Å². The van der Waals surface area contributed by atoms with Gasteiger partial charge in [0.25, 0.3) is 0 Å². The number of hydrogen-bond acceptors (Lipinski definition) is 2. The number of phenolic OH excluding ortho intramolecular Hbond substituents is 1. The highest BCUT2D eigenvalue weighted by molar-refractivity contribution is 5.86. The van der Waals surface area contributed by atoms with E-state index in [0.717, 1.165) is 30.4 Å². The van der Waals surface area contributed by atoms with Crippen molar-refractivity contribution in [3.63, 3.8) is 0 Å². The zero-order chi connectivity index (χ0) is 16.3. The average Bonchev–Trinajstić information content (AvgIpc) is 2.44. The zero-order valence-electron chi connectivity index (χ0n) is 14.5. The first-order chi connectivity index (χ1) is 10.2. The van der Waals surface area contributed by atoms with Gasteiger partial charge in [-0.2, -0.15) is 0 Å². The van der Waals surface area contributed by atoms with Crippen LogP contribution in [0.1, 0.15) is 76.5 Å². The number of benzene rings is 1. The molecule has 2 nitrogen and oxygen atoms in total. The highest BCUT2D eigenvalue weighted by Gasteiger charge is 2.53. The number of aromatic hydroxyl groups is 1. The van der Waals surface area contributed by atoms with Gasteiger partial charge in [0.15, 0.2) is 0 Å². The molecule has 1 aromatic rings. The summed E-state index contributed by atoms with van der Waals surface area (Å²) in [6, 6.07) is 4.32. The van der Waals surface area contributed by atoms with Crippen LogP contribution < -0.4 is 0 Å². The molecule has 0 bridgehead atoms. The normalized spacial score (nSPS) is 30.1. The monoisotopic (exact) mass is 300 g/mol. The Morgan fingerprint density at radius 2 is 1.86 bits per heavy atom. The molecule has 0 saturated heterocycles. The summed E-state index contributed by atoms with van der Waals surface area (Å²) >= 11 is 0. The van der Waals surface area contributed by atoms with E-state index in [4.69, 9.17) is 0 Å². The van der Waals surface area contributed by atoms with Gasteiger partial charge in [0.2, 0.25) is 0 Å². The van der Waals surface area contributed by atoms with Crippen molar-refractivity contribution in [1.29, 1.82) is 0 Å². The van der Waals surface area contributed by atoms with E-state index in [0.29, 0.717) is 29.8 Å². The number of fused-ring (bicyclic) bond motifs is 3. The Labute approximate surface area is 133 Å². The van der Waals surface area contributed by atoms with Crippen molar-refractivity contribution < 1.29 is 9.90 Å². The van der Waals surface area contributed by atoms with Gasteiger partial charge < -0.3 is 5.11 Å². The Balaban J connectivity index is 2.14. The van der Waals surface area contributed by atoms with Crippen molar-refractivity contribution in [1.82, 2.24) is 0 Å². The summed E-state index contributed by atoms with van der Waals surface area (Å²) in [5.41, 5.74) is 3.22. The third-order valence-corrected chi connectivity index (χ3v) is 6.46. The van der Waals surface area contributed by atoms with Crippen LogP contribution in [0.15, 0.2) is 12.1 Å². The van der Waals surface area contributed by atoms with Crippen molar-refractivity contribution >= 4 is 5.78 Å². The van der Waals surface area contributed by atoms with Crippen LogP contribution in [0.4, 0.5) is 0 Å². The Bertz CT molecular complexity index is 627. The largest absolute Gasteiger partial charge is 0.507 e. The summed E-state index contributed by atoms with van der Waals surface area (Å²) in [7, 11) is 0. The Hall–Kier alpha value is -1.31. The molecule has 2 aliphatic rings. The van der Waals surface area contributed by atoms with Crippen molar-refractivity contribution in [2.24, 2.45) is 11.3 Å². The molecule has 0 heterocycles. The van der Waals surface area contributed by atoms with E-state index in [9.17, 15) is 9.90 Å². The lowest BCUT2D eigenvalue weighted by Crippen LogP contribution is -2.52. The van der Waals surface area contributed by atoms with E-state index < -0.39 is 0 Å². The van der Waals surface area contributed by atoms with Crippen LogP contribution in [-0.4, -0.2) is 10.9 Å². The van der Waals surface area contributed by atoms with Crippen molar-refractivity contribution in [2.75, 3.05) is 0 Å². The number of ketones is 1. The fourth-order valence-electron chi connectivity index (χ4n) is 5.06. The first-order valence-electron chi connectivity index (χ1n) is 8.58. The molecule has 0 aromatic heterocycles. The number of carbonyl (C=O) groups is 1. The standard InChI is InChI=1S/C20H28O2/c1-12(2)13-6-8-15-14(18(13)22)7-9-16-19(3,4)17(21)10-11-20(15,16)5/h6,8,12,16,22H,7,9-11H2,1-5H3/t16-,20+/m0/s1. The summed E-state index contributed by atoms with van der Waals surface area (Å²) in [5, 5.41) is 10.7. The molecule has 22 heavy (non-hydrogen) atoms. The lowest BCUT2D eigenvalue weighted by Gasteiger charge is -2.53. The van der Waals surface area contributed by atoms with E-state index in [1.165, 1.54) is 5.56 Å². The quantitative estimate of drug-likeness (QED) is 0.814. The maximum Gasteiger partial charge on any atom is 0.138 e. The topological polar surface area (TPSA) is 37.3 Å². The summed E-state index contributed by atoms with van der Waals surface area (Å²) in [6.45, 7) is 10.8. The van der Waals surface area contributed by atoms with Crippen LogP contribution in [0.2, 0.25) is 0 Å². The van der Waals surface area contributed by atoms with Gasteiger partial charge >= 0.3 is 0 Å². The number of rotatable bonds is 1. The number of Topliss-reactive ketones (excluding diaryl/α,β-unsaturated/α-hetero) is 1. The highest BCUT2D eigenvalue weighted by Crippen LogP contribution is 2.57. The lowest BCUT2D eigenvalue weighted by molar-refractivity contribution is -0.137. The van der Waals surface area contributed by atoms with E-state index in [2.05, 4.69) is 46.8 Å². The molecule has 0 amide bonds. The maximum absolute atomic E-state index is 12.4. The van der Waals surface area contributed by atoms with Crippen LogP contribution >= 0.6 is 0 Å². The highest BCUT2D eigenvalue weighted by atomic mass is 16.3. The fraction of sp³-hybridized carbons (Fsp3) is 0.650. The molecule has 2 atom stereocenters. The predicted molar refractivity (Wildman–Crippen MR) is 89.4 cm³/mol. The molecule has 3 rings (SSSR count). The second-order valence-corrected chi connectivity index (χ2v) is 8.34. The molecule has 120 valence electrons. The van der Waals surface area contributed by atoms with Gasteiger partial charge in [0.1, 0.15) is 11.5 Å². The number of carbonyl (C=O) groups excluding carboxylic acids is 1. The van der Waals surface area contributed by atoms with Crippen LogP contribution in [-0.2, 0) is 16.6 Å². The van der Waals surface area contributed by atoms with Crippen LogP contribution in [0.3, 0.4) is 0 Å². The second kappa shape index (κ2) is 4.84. The molecule has 1 aromatic carbocycles. The molecule has 1 N–H and O–H groups in total. The second-order valence-electron chi connectivity index (χ2n) is 8.34. The third-order valence-electron chi connectivity index (χ3n) is 6.46.